The Labute approximate surface area is 199 Å². The summed E-state index contributed by atoms with van der Waals surface area (Å²) < 4.78 is 38.0. The zero-order chi connectivity index (χ0) is 24.1. The van der Waals surface area contributed by atoms with Crippen molar-refractivity contribution in [1.29, 1.82) is 0 Å². The highest BCUT2D eigenvalue weighted by Crippen LogP contribution is 2.32. The van der Waals surface area contributed by atoms with Crippen molar-refractivity contribution in [3.05, 3.63) is 60.3 Å². The molecule has 2 heterocycles. The molecule has 3 aromatic rings. The summed E-state index contributed by atoms with van der Waals surface area (Å²) in [5, 5.41) is 9.85. The van der Waals surface area contributed by atoms with Gasteiger partial charge >= 0.3 is 0 Å². The third-order valence-corrected chi connectivity index (χ3v) is 7.94. The van der Waals surface area contributed by atoms with E-state index in [0.29, 0.717) is 30.9 Å². The number of rotatable bonds is 8. The number of sulfonamides is 1. The van der Waals surface area contributed by atoms with Crippen LogP contribution >= 0.6 is 0 Å². The summed E-state index contributed by atoms with van der Waals surface area (Å²) in [6.07, 6.45) is 2.64. The van der Waals surface area contributed by atoms with Gasteiger partial charge in [-0.15, -0.1) is 0 Å². The maximum atomic E-state index is 13.1. The Morgan fingerprint density at radius 1 is 1.06 bits per heavy atom. The lowest BCUT2D eigenvalue weighted by Gasteiger charge is -2.30. The molecular formula is C24H28N4O5S. The number of carbonyl (C=O) groups is 1. The first-order chi connectivity index (χ1) is 16.4. The summed E-state index contributed by atoms with van der Waals surface area (Å²) in [6, 6.07) is 14.3. The number of carbonyl (C=O) groups excluding carboxylic acids is 1. The van der Waals surface area contributed by atoms with Crippen molar-refractivity contribution in [2.75, 3.05) is 27.3 Å². The number of nitrogens with zero attached hydrogens (tertiary/aromatic N) is 2. The Kier molecular flexibility index (Phi) is 7.18. The van der Waals surface area contributed by atoms with Gasteiger partial charge in [0.2, 0.25) is 15.9 Å². The molecule has 1 fully saturated rings. The van der Waals surface area contributed by atoms with Crippen LogP contribution in [0.4, 0.5) is 0 Å². The van der Waals surface area contributed by atoms with Crippen LogP contribution in [-0.2, 0) is 21.4 Å². The molecule has 0 aliphatic carbocycles. The first-order valence-electron chi connectivity index (χ1n) is 11.0. The van der Waals surface area contributed by atoms with Crippen molar-refractivity contribution in [2.45, 2.75) is 24.3 Å². The number of nitrogens with one attached hydrogen (secondary N) is 2. The van der Waals surface area contributed by atoms with Gasteiger partial charge in [-0.05, 0) is 42.2 Å². The van der Waals surface area contributed by atoms with Crippen LogP contribution in [0.15, 0.2) is 59.6 Å². The van der Waals surface area contributed by atoms with E-state index >= 15 is 0 Å². The molecule has 180 valence electrons. The minimum atomic E-state index is -3.69. The lowest BCUT2D eigenvalue weighted by molar-refractivity contribution is -0.126. The molecule has 2 aromatic carbocycles. The van der Waals surface area contributed by atoms with Crippen LogP contribution < -0.4 is 14.8 Å². The van der Waals surface area contributed by atoms with E-state index in [9.17, 15) is 13.2 Å². The van der Waals surface area contributed by atoms with E-state index in [1.807, 2.05) is 30.3 Å². The number of aromatic amines is 1. The molecule has 0 saturated carbocycles. The molecular weight excluding hydrogens is 456 g/mol. The number of hydrogen-bond acceptors (Lipinski definition) is 6. The van der Waals surface area contributed by atoms with Crippen LogP contribution in [0.2, 0.25) is 0 Å². The predicted octanol–water partition coefficient (Wildman–Crippen LogP) is 2.81. The van der Waals surface area contributed by atoms with E-state index in [-0.39, 0.29) is 29.8 Å². The molecule has 10 heteroatoms. The molecule has 0 spiro atoms. The second-order valence-corrected chi connectivity index (χ2v) is 10.0. The van der Waals surface area contributed by atoms with Gasteiger partial charge in [0.25, 0.3) is 0 Å². The van der Waals surface area contributed by atoms with Crippen molar-refractivity contribution in [3.63, 3.8) is 0 Å². The topological polar surface area (TPSA) is 114 Å². The van der Waals surface area contributed by atoms with Crippen LogP contribution in [0.3, 0.4) is 0 Å². The summed E-state index contributed by atoms with van der Waals surface area (Å²) in [5.41, 5.74) is 2.95. The van der Waals surface area contributed by atoms with Crippen LogP contribution in [0.25, 0.3) is 11.3 Å². The molecule has 0 bridgehead atoms. The molecule has 1 saturated heterocycles. The Bertz CT molecular complexity index is 1220. The second kappa shape index (κ2) is 10.3. The quantitative estimate of drug-likeness (QED) is 0.508. The molecule has 1 aliphatic rings. The summed E-state index contributed by atoms with van der Waals surface area (Å²) in [7, 11) is -0.725. The Morgan fingerprint density at radius 3 is 2.38 bits per heavy atom. The molecule has 0 radical (unpaired) electrons. The van der Waals surface area contributed by atoms with E-state index in [1.165, 1.54) is 30.7 Å². The van der Waals surface area contributed by atoms with Gasteiger partial charge in [0.15, 0.2) is 11.5 Å². The van der Waals surface area contributed by atoms with Gasteiger partial charge in [0.05, 0.1) is 24.8 Å². The number of aromatic nitrogens is 2. The van der Waals surface area contributed by atoms with Gasteiger partial charge < -0.3 is 14.8 Å². The molecule has 2 N–H and O–H groups in total. The second-order valence-electron chi connectivity index (χ2n) is 8.08. The molecule has 1 aromatic heterocycles. The summed E-state index contributed by atoms with van der Waals surface area (Å²) in [4.78, 5) is 12.8. The largest absolute Gasteiger partial charge is 0.493 e. The van der Waals surface area contributed by atoms with Crippen molar-refractivity contribution in [3.8, 4) is 22.8 Å². The van der Waals surface area contributed by atoms with Crippen LogP contribution in [0, 0.1) is 5.92 Å². The molecule has 0 unspecified atom stereocenters. The molecule has 0 atom stereocenters. The van der Waals surface area contributed by atoms with E-state index in [2.05, 4.69) is 15.5 Å². The number of amides is 1. The predicted molar refractivity (Wildman–Crippen MR) is 127 cm³/mol. The average molecular weight is 485 g/mol. The molecule has 34 heavy (non-hydrogen) atoms. The van der Waals surface area contributed by atoms with E-state index in [0.717, 1.165) is 16.8 Å². The third kappa shape index (κ3) is 5.07. The fourth-order valence-corrected chi connectivity index (χ4v) is 5.52. The SMILES string of the molecule is COc1ccc(S(=O)(=O)N2CCC(C(=O)NCc3ccc(-c4ccn[nH]4)cc3)CC2)cc1OC. The van der Waals surface area contributed by atoms with Gasteiger partial charge in [-0.25, -0.2) is 8.42 Å². The van der Waals surface area contributed by atoms with Gasteiger partial charge in [-0.1, -0.05) is 24.3 Å². The number of piperidine rings is 1. The van der Waals surface area contributed by atoms with Gasteiger partial charge in [-0.2, -0.15) is 9.40 Å². The number of methoxy groups -OCH3 is 2. The standard InChI is InChI=1S/C24H28N4O5S/c1-32-22-8-7-20(15-23(22)33-2)34(30,31)28-13-10-19(11-14-28)24(29)25-16-17-3-5-18(6-4-17)21-9-12-26-27-21/h3-9,12,15,19H,10-11,13-14,16H2,1-2H3,(H,25,29)(H,26,27). The minimum absolute atomic E-state index is 0.0548. The van der Waals surface area contributed by atoms with Crippen molar-refractivity contribution in [2.24, 2.45) is 5.92 Å². The average Bonchev–Trinajstić information content (AvgIpc) is 3.42. The summed E-state index contributed by atoms with van der Waals surface area (Å²) >= 11 is 0. The Morgan fingerprint density at radius 2 is 1.76 bits per heavy atom. The molecule has 4 rings (SSSR count). The highest BCUT2D eigenvalue weighted by molar-refractivity contribution is 7.89. The normalized spacial score (nSPS) is 15.1. The zero-order valence-electron chi connectivity index (χ0n) is 19.2. The van der Waals surface area contributed by atoms with Crippen molar-refractivity contribution in [1.82, 2.24) is 19.8 Å². The molecule has 1 aliphatic heterocycles. The zero-order valence-corrected chi connectivity index (χ0v) is 20.0. The molecule has 1 amide bonds. The lowest BCUT2D eigenvalue weighted by atomic mass is 9.97. The summed E-state index contributed by atoms with van der Waals surface area (Å²) in [5.74, 6) is 0.546. The highest BCUT2D eigenvalue weighted by atomic mass is 32.2. The van der Waals surface area contributed by atoms with Gasteiger partial charge in [-0.3, -0.25) is 9.89 Å². The van der Waals surface area contributed by atoms with Crippen molar-refractivity contribution >= 4 is 15.9 Å². The maximum absolute atomic E-state index is 13.1. The smallest absolute Gasteiger partial charge is 0.243 e. The van der Waals surface area contributed by atoms with Gasteiger partial charge in [0.1, 0.15) is 0 Å². The first-order valence-corrected chi connectivity index (χ1v) is 12.4. The van der Waals surface area contributed by atoms with E-state index in [1.54, 1.807) is 12.3 Å². The van der Waals surface area contributed by atoms with Crippen LogP contribution in [0.5, 0.6) is 11.5 Å². The number of hydrogen-bond donors (Lipinski definition) is 2. The number of benzene rings is 2. The third-order valence-electron chi connectivity index (χ3n) is 6.05. The fraction of sp³-hybridized carbons (Fsp3) is 0.333. The maximum Gasteiger partial charge on any atom is 0.243 e. The highest BCUT2D eigenvalue weighted by Gasteiger charge is 2.32. The van der Waals surface area contributed by atoms with E-state index in [4.69, 9.17) is 9.47 Å². The fourth-order valence-electron chi connectivity index (χ4n) is 4.04. The van der Waals surface area contributed by atoms with Crippen LogP contribution in [0.1, 0.15) is 18.4 Å². The Balaban J connectivity index is 1.31. The number of H-pyrrole nitrogens is 1. The minimum Gasteiger partial charge on any atom is -0.493 e. The van der Waals surface area contributed by atoms with Crippen molar-refractivity contribution < 1.29 is 22.7 Å². The monoisotopic (exact) mass is 484 g/mol. The van der Waals surface area contributed by atoms with Gasteiger partial charge in [0, 0.05) is 37.8 Å². The van der Waals surface area contributed by atoms with Crippen LogP contribution in [-0.4, -0.2) is 56.1 Å². The summed E-state index contributed by atoms with van der Waals surface area (Å²) in [6.45, 7) is 0.994. The molecule has 9 nitrogen and oxygen atoms in total. The number of ether oxygens (including phenoxy) is 2. The Hall–Kier alpha value is -3.37. The van der Waals surface area contributed by atoms with E-state index < -0.39 is 10.0 Å². The first kappa shape index (κ1) is 23.8. The lowest BCUT2D eigenvalue weighted by Crippen LogP contribution is -2.42.